The quantitative estimate of drug-likeness (QED) is 0.697. The third kappa shape index (κ3) is 2.82. The van der Waals surface area contributed by atoms with E-state index in [2.05, 4.69) is 15.9 Å². The lowest BCUT2D eigenvalue weighted by atomic mass is 9.87. The summed E-state index contributed by atoms with van der Waals surface area (Å²) in [7, 11) is 0. The Kier molecular flexibility index (Phi) is 3.38. The highest BCUT2D eigenvalue weighted by Crippen LogP contribution is 2.25. The topological polar surface area (TPSA) is 17.1 Å². The van der Waals surface area contributed by atoms with Gasteiger partial charge in [-0.25, -0.2) is 0 Å². The fourth-order valence-electron chi connectivity index (χ4n) is 1.12. The van der Waals surface area contributed by atoms with Crippen molar-refractivity contribution < 1.29 is 4.79 Å². The van der Waals surface area contributed by atoms with E-state index in [0.717, 1.165) is 4.47 Å². The molecule has 3 heteroatoms. The van der Waals surface area contributed by atoms with Crippen LogP contribution in [0, 0.1) is 5.41 Å². The van der Waals surface area contributed by atoms with Crippen molar-refractivity contribution in [2.45, 2.75) is 20.8 Å². The number of benzene rings is 1. The lowest BCUT2D eigenvalue weighted by molar-refractivity contribution is 0.0858. The molecule has 0 atom stereocenters. The first-order valence-electron chi connectivity index (χ1n) is 4.31. The Morgan fingerprint density at radius 1 is 1.29 bits per heavy atom. The van der Waals surface area contributed by atoms with E-state index in [-0.39, 0.29) is 11.2 Å². The normalized spacial score (nSPS) is 11.5. The second-order valence-electron chi connectivity index (χ2n) is 4.24. The van der Waals surface area contributed by atoms with Gasteiger partial charge < -0.3 is 0 Å². The Balaban J connectivity index is 3.14. The van der Waals surface area contributed by atoms with E-state index in [1.54, 1.807) is 18.2 Å². The Bertz CT molecular complexity index is 346. The van der Waals surface area contributed by atoms with Crippen LogP contribution in [0.25, 0.3) is 0 Å². The van der Waals surface area contributed by atoms with Crippen molar-refractivity contribution in [1.29, 1.82) is 0 Å². The fourth-order valence-corrected chi connectivity index (χ4v) is 1.98. The van der Waals surface area contributed by atoms with Gasteiger partial charge in [0.15, 0.2) is 5.78 Å². The van der Waals surface area contributed by atoms with Gasteiger partial charge in [0.2, 0.25) is 0 Å². The predicted molar refractivity (Wildman–Crippen MR) is 62.9 cm³/mol. The van der Waals surface area contributed by atoms with Crippen LogP contribution < -0.4 is 0 Å². The number of halogens is 2. The van der Waals surface area contributed by atoms with Gasteiger partial charge in [-0.15, -0.1) is 0 Å². The van der Waals surface area contributed by atoms with Crippen LogP contribution in [0.15, 0.2) is 22.7 Å². The van der Waals surface area contributed by atoms with Crippen LogP contribution >= 0.6 is 27.5 Å². The molecule has 1 rings (SSSR count). The highest BCUT2D eigenvalue weighted by molar-refractivity contribution is 9.10. The van der Waals surface area contributed by atoms with Crippen molar-refractivity contribution in [2.75, 3.05) is 0 Å². The number of rotatable bonds is 1. The van der Waals surface area contributed by atoms with Crippen LogP contribution in [0.4, 0.5) is 0 Å². The maximum Gasteiger partial charge on any atom is 0.168 e. The molecule has 0 aliphatic rings. The van der Waals surface area contributed by atoms with E-state index < -0.39 is 0 Å². The van der Waals surface area contributed by atoms with Crippen molar-refractivity contribution in [3.63, 3.8) is 0 Å². The molecule has 0 radical (unpaired) electrons. The highest BCUT2D eigenvalue weighted by atomic mass is 79.9. The number of ketones is 1. The molecule has 0 aliphatic carbocycles. The first-order chi connectivity index (χ1) is 6.30. The monoisotopic (exact) mass is 274 g/mol. The van der Waals surface area contributed by atoms with Crippen LogP contribution in [0.1, 0.15) is 31.1 Å². The first-order valence-corrected chi connectivity index (χ1v) is 5.49. The molecule has 0 amide bonds. The molecule has 0 spiro atoms. The molecule has 0 heterocycles. The summed E-state index contributed by atoms with van der Waals surface area (Å²) < 4.78 is 0.831. The summed E-state index contributed by atoms with van der Waals surface area (Å²) in [5, 5.41) is 0.576. The fraction of sp³-hybridized carbons (Fsp3) is 0.364. The minimum Gasteiger partial charge on any atom is -0.294 e. The maximum atomic E-state index is 11.9. The Morgan fingerprint density at radius 2 is 1.86 bits per heavy atom. The van der Waals surface area contributed by atoms with Gasteiger partial charge in [0.1, 0.15) is 0 Å². The van der Waals surface area contributed by atoms with Crippen molar-refractivity contribution in [3.05, 3.63) is 33.3 Å². The van der Waals surface area contributed by atoms with Crippen LogP contribution in [0.2, 0.25) is 5.02 Å². The molecular weight excluding hydrogens is 263 g/mol. The lowest BCUT2D eigenvalue weighted by Gasteiger charge is -2.16. The summed E-state index contributed by atoms with van der Waals surface area (Å²) in [5.41, 5.74) is 0.279. The van der Waals surface area contributed by atoms with E-state index in [1.165, 1.54) is 0 Å². The number of hydrogen-bond acceptors (Lipinski definition) is 1. The lowest BCUT2D eigenvalue weighted by Crippen LogP contribution is -2.20. The van der Waals surface area contributed by atoms with Crippen LogP contribution in [0.5, 0.6) is 0 Å². The SMILES string of the molecule is CC(C)(C)C(=O)c1cc(Cl)cc(Br)c1. The van der Waals surface area contributed by atoms with Crippen molar-refractivity contribution in [1.82, 2.24) is 0 Å². The zero-order valence-corrected chi connectivity index (χ0v) is 10.7. The van der Waals surface area contributed by atoms with Crippen molar-refractivity contribution >= 4 is 33.3 Å². The van der Waals surface area contributed by atoms with Gasteiger partial charge in [-0.2, -0.15) is 0 Å². The van der Waals surface area contributed by atoms with Crippen molar-refractivity contribution in [3.8, 4) is 0 Å². The first kappa shape index (κ1) is 11.7. The van der Waals surface area contributed by atoms with E-state index in [9.17, 15) is 4.79 Å². The van der Waals surface area contributed by atoms with Gasteiger partial charge in [0, 0.05) is 20.5 Å². The van der Waals surface area contributed by atoms with E-state index in [1.807, 2.05) is 20.8 Å². The number of carbonyl (C=O) groups is 1. The molecule has 0 bridgehead atoms. The van der Waals surface area contributed by atoms with E-state index in [0.29, 0.717) is 10.6 Å². The summed E-state index contributed by atoms with van der Waals surface area (Å²) in [6.07, 6.45) is 0. The van der Waals surface area contributed by atoms with Gasteiger partial charge in [-0.05, 0) is 18.2 Å². The average Bonchev–Trinajstić information content (AvgIpc) is 1.99. The second-order valence-corrected chi connectivity index (χ2v) is 5.59. The molecule has 1 nitrogen and oxygen atoms in total. The molecule has 1 aromatic carbocycles. The average molecular weight is 276 g/mol. The van der Waals surface area contributed by atoms with Crippen LogP contribution in [-0.2, 0) is 0 Å². The number of hydrogen-bond donors (Lipinski definition) is 0. The third-order valence-corrected chi connectivity index (χ3v) is 2.48. The summed E-state index contributed by atoms with van der Waals surface area (Å²) in [4.78, 5) is 11.9. The maximum absolute atomic E-state index is 11.9. The molecule has 0 aliphatic heterocycles. The Hall–Kier alpha value is -0.340. The van der Waals surface area contributed by atoms with Crippen LogP contribution in [-0.4, -0.2) is 5.78 Å². The van der Waals surface area contributed by atoms with E-state index >= 15 is 0 Å². The molecular formula is C11H12BrClO. The van der Waals surface area contributed by atoms with E-state index in [4.69, 9.17) is 11.6 Å². The second kappa shape index (κ2) is 4.03. The third-order valence-electron chi connectivity index (χ3n) is 1.81. The summed E-state index contributed by atoms with van der Waals surface area (Å²) >= 11 is 9.17. The van der Waals surface area contributed by atoms with Gasteiger partial charge in [0.25, 0.3) is 0 Å². The summed E-state index contributed by atoms with van der Waals surface area (Å²) in [5.74, 6) is 0.0979. The minimum absolute atomic E-state index is 0.0979. The molecule has 14 heavy (non-hydrogen) atoms. The molecule has 1 aromatic rings. The van der Waals surface area contributed by atoms with Gasteiger partial charge in [0.05, 0.1) is 0 Å². The number of carbonyl (C=O) groups excluding carboxylic acids is 1. The summed E-state index contributed by atoms with van der Waals surface area (Å²) in [6, 6.07) is 5.25. The molecule has 0 saturated heterocycles. The van der Waals surface area contributed by atoms with Crippen LogP contribution in [0.3, 0.4) is 0 Å². The predicted octanol–water partition coefficient (Wildman–Crippen LogP) is 4.33. The largest absolute Gasteiger partial charge is 0.294 e. The molecule has 0 aromatic heterocycles. The molecule has 0 unspecified atom stereocenters. The smallest absolute Gasteiger partial charge is 0.168 e. The van der Waals surface area contributed by atoms with Gasteiger partial charge >= 0.3 is 0 Å². The molecule has 76 valence electrons. The highest BCUT2D eigenvalue weighted by Gasteiger charge is 2.23. The Labute approximate surface area is 97.6 Å². The number of Topliss-reactive ketones (excluding diaryl/α,β-unsaturated/α-hetero) is 1. The Morgan fingerprint density at radius 3 is 2.29 bits per heavy atom. The standard InChI is InChI=1S/C11H12BrClO/c1-11(2,3)10(14)7-4-8(12)6-9(13)5-7/h4-6H,1-3H3. The summed E-state index contributed by atoms with van der Waals surface area (Å²) in [6.45, 7) is 5.68. The molecule has 0 fully saturated rings. The zero-order chi connectivity index (χ0) is 10.9. The zero-order valence-electron chi connectivity index (χ0n) is 8.40. The minimum atomic E-state index is -0.371. The molecule has 0 N–H and O–H groups in total. The van der Waals surface area contributed by atoms with Gasteiger partial charge in [-0.1, -0.05) is 48.3 Å². The van der Waals surface area contributed by atoms with Crippen molar-refractivity contribution in [2.24, 2.45) is 5.41 Å². The van der Waals surface area contributed by atoms with Gasteiger partial charge in [-0.3, -0.25) is 4.79 Å². The molecule has 0 saturated carbocycles.